The third-order valence-corrected chi connectivity index (χ3v) is 9.78. The first kappa shape index (κ1) is 21.0. The Hall–Kier alpha value is -1.04. The molecule has 0 aromatic rings. The first-order valence-corrected chi connectivity index (χ1v) is 12.1. The Balaban J connectivity index is 2.51. The molecule has 1 amide bonds. The van der Waals surface area contributed by atoms with E-state index < -0.39 is 8.32 Å². The second-order valence-corrected chi connectivity index (χ2v) is 13.0. The van der Waals surface area contributed by atoms with E-state index in [9.17, 15) is 4.79 Å². The zero-order valence-electron chi connectivity index (χ0n) is 16.0. The Morgan fingerprint density at radius 2 is 1.96 bits per heavy atom. The number of hydrogen-bond donors (Lipinski definition) is 1. The van der Waals surface area contributed by atoms with Crippen molar-refractivity contribution in [2.24, 2.45) is 5.11 Å². The van der Waals surface area contributed by atoms with Crippen molar-refractivity contribution >= 4 is 14.2 Å². The van der Waals surface area contributed by atoms with E-state index in [0.29, 0.717) is 13.0 Å². The molecule has 0 heterocycles. The lowest BCUT2D eigenvalue weighted by molar-refractivity contribution is -0.123. The van der Waals surface area contributed by atoms with Crippen molar-refractivity contribution in [2.45, 2.75) is 96.0 Å². The largest absolute Gasteiger partial charge is 0.412 e. The average Bonchev–Trinajstić information content (AvgIpc) is 2.47. The van der Waals surface area contributed by atoms with Gasteiger partial charge >= 0.3 is 0 Å². The number of hydrogen-bond acceptors (Lipinski definition) is 3. The molecule has 1 N–H and O–H groups in total. The van der Waals surface area contributed by atoms with Gasteiger partial charge in [-0.05, 0) is 49.3 Å². The third-order valence-electron chi connectivity index (χ3n) is 5.28. The Bertz CT molecular complexity index is 456. The third kappa shape index (κ3) is 6.83. The van der Waals surface area contributed by atoms with Gasteiger partial charge in [0.2, 0.25) is 5.91 Å². The molecule has 0 unspecified atom stereocenters. The van der Waals surface area contributed by atoms with Crippen LogP contribution in [0.15, 0.2) is 5.11 Å². The van der Waals surface area contributed by atoms with Crippen LogP contribution in [0.25, 0.3) is 10.4 Å². The van der Waals surface area contributed by atoms with Gasteiger partial charge in [0.15, 0.2) is 8.32 Å². The van der Waals surface area contributed by atoms with E-state index in [4.69, 9.17) is 9.96 Å². The number of azide groups is 1. The number of amides is 1. The predicted molar refractivity (Wildman–Crippen MR) is 100 cm³/mol. The lowest BCUT2D eigenvalue weighted by Gasteiger charge is -2.43. The molecule has 0 bridgehead atoms. The molecule has 1 aliphatic carbocycles. The van der Waals surface area contributed by atoms with Gasteiger partial charge in [0.25, 0.3) is 0 Å². The number of unbranched alkanes of at least 4 members (excludes halogenated alkanes) is 1. The summed E-state index contributed by atoms with van der Waals surface area (Å²) in [7, 11) is -1.82. The highest BCUT2D eigenvalue weighted by molar-refractivity contribution is 6.74. The van der Waals surface area contributed by atoms with Crippen LogP contribution in [-0.2, 0) is 9.22 Å². The van der Waals surface area contributed by atoms with Crippen LogP contribution in [0.4, 0.5) is 0 Å². The number of nitrogens with one attached hydrogen (secondary N) is 1. The summed E-state index contributed by atoms with van der Waals surface area (Å²) in [5.74, 6) is 0.0895. The van der Waals surface area contributed by atoms with Crippen LogP contribution in [-0.4, -0.2) is 32.9 Å². The van der Waals surface area contributed by atoms with E-state index in [-0.39, 0.29) is 23.1 Å². The van der Waals surface area contributed by atoms with Crippen molar-refractivity contribution in [3.05, 3.63) is 10.4 Å². The van der Waals surface area contributed by atoms with Crippen molar-refractivity contribution in [3.63, 3.8) is 0 Å². The molecule has 1 fully saturated rings. The van der Waals surface area contributed by atoms with Crippen LogP contribution in [0.2, 0.25) is 18.1 Å². The standard InChI is InChI=1S/C17H34N4O2Si/c1-17(2,3)24(4,5)23-15-11-7-6-10-14(15)20-16(22)12-8-9-13-19-21-18/h14-15H,6-13H2,1-5H3,(H,20,22)/t14-,15-/m1/s1. The maximum Gasteiger partial charge on any atom is 0.220 e. The van der Waals surface area contributed by atoms with Crippen LogP contribution in [0.3, 0.4) is 0 Å². The molecule has 0 radical (unpaired) electrons. The zero-order valence-corrected chi connectivity index (χ0v) is 17.0. The van der Waals surface area contributed by atoms with E-state index >= 15 is 0 Å². The maximum atomic E-state index is 12.2. The average molecular weight is 355 g/mol. The monoisotopic (exact) mass is 354 g/mol. The van der Waals surface area contributed by atoms with Gasteiger partial charge in [-0.3, -0.25) is 4.79 Å². The van der Waals surface area contributed by atoms with Crippen LogP contribution >= 0.6 is 0 Å². The molecule has 6 nitrogen and oxygen atoms in total. The van der Waals surface area contributed by atoms with Crippen LogP contribution in [0.1, 0.15) is 65.7 Å². The lowest BCUT2D eigenvalue weighted by atomic mass is 9.92. The molecular formula is C17H34N4O2Si. The molecule has 0 saturated heterocycles. The molecular weight excluding hydrogens is 320 g/mol. The van der Waals surface area contributed by atoms with E-state index in [1.807, 2.05) is 0 Å². The molecule has 1 saturated carbocycles. The summed E-state index contributed by atoms with van der Waals surface area (Å²) in [4.78, 5) is 14.9. The van der Waals surface area contributed by atoms with Crippen molar-refractivity contribution in [3.8, 4) is 0 Å². The number of rotatable bonds is 8. The summed E-state index contributed by atoms with van der Waals surface area (Å²) in [5, 5.41) is 6.86. The van der Waals surface area contributed by atoms with E-state index in [1.54, 1.807) is 0 Å². The quantitative estimate of drug-likeness (QED) is 0.220. The SMILES string of the molecule is CC(C)(C)[Si](C)(C)O[C@@H]1CCCC[C@H]1NC(=O)CCCCN=[N+]=[N-]. The highest BCUT2D eigenvalue weighted by atomic mass is 28.4. The molecule has 2 atom stereocenters. The maximum absolute atomic E-state index is 12.2. The second kappa shape index (κ2) is 9.44. The summed E-state index contributed by atoms with van der Waals surface area (Å²) in [6, 6.07) is 0.137. The van der Waals surface area contributed by atoms with Gasteiger partial charge in [0.05, 0.1) is 12.1 Å². The highest BCUT2D eigenvalue weighted by Gasteiger charge is 2.41. The summed E-state index contributed by atoms with van der Waals surface area (Å²) in [6.07, 6.45) is 6.52. The fourth-order valence-electron chi connectivity index (χ4n) is 2.75. The minimum absolute atomic E-state index is 0.0895. The van der Waals surface area contributed by atoms with E-state index in [0.717, 1.165) is 32.1 Å². The molecule has 1 rings (SSSR count). The Kier molecular flexibility index (Phi) is 8.26. The number of nitrogens with zero attached hydrogens (tertiary/aromatic N) is 3. The molecule has 1 aliphatic rings. The number of carbonyl (C=O) groups is 1. The Morgan fingerprint density at radius 3 is 2.58 bits per heavy atom. The minimum Gasteiger partial charge on any atom is -0.412 e. The van der Waals surface area contributed by atoms with Crippen molar-refractivity contribution < 1.29 is 9.22 Å². The molecule has 0 spiro atoms. The molecule has 7 heteroatoms. The summed E-state index contributed by atoms with van der Waals surface area (Å²) in [5.41, 5.74) is 8.24. The highest BCUT2D eigenvalue weighted by Crippen LogP contribution is 2.39. The first-order chi connectivity index (χ1) is 11.2. The molecule has 138 valence electrons. The summed E-state index contributed by atoms with van der Waals surface area (Å²) < 4.78 is 6.58. The topological polar surface area (TPSA) is 87.1 Å². The zero-order chi connectivity index (χ0) is 18.2. The minimum atomic E-state index is -1.82. The van der Waals surface area contributed by atoms with Crippen LogP contribution in [0, 0.1) is 0 Å². The molecule has 0 aliphatic heterocycles. The normalized spacial score (nSPS) is 21.9. The van der Waals surface area contributed by atoms with Gasteiger partial charge in [-0.15, -0.1) is 0 Å². The second-order valence-electron chi connectivity index (χ2n) is 8.29. The Morgan fingerprint density at radius 1 is 1.29 bits per heavy atom. The summed E-state index contributed by atoms with van der Waals surface area (Å²) >= 11 is 0. The number of carbonyl (C=O) groups excluding carboxylic acids is 1. The Labute approximate surface area is 147 Å². The summed E-state index contributed by atoms with van der Waals surface area (Å²) in [6.45, 7) is 11.8. The molecule has 0 aromatic carbocycles. The van der Waals surface area contributed by atoms with E-state index in [1.165, 1.54) is 6.42 Å². The molecule has 24 heavy (non-hydrogen) atoms. The van der Waals surface area contributed by atoms with Crippen molar-refractivity contribution in [1.82, 2.24) is 5.32 Å². The van der Waals surface area contributed by atoms with Gasteiger partial charge in [-0.1, -0.05) is 38.7 Å². The van der Waals surface area contributed by atoms with Gasteiger partial charge in [-0.2, -0.15) is 0 Å². The van der Waals surface area contributed by atoms with Gasteiger partial charge in [0, 0.05) is 17.9 Å². The van der Waals surface area contributed by atoms with Crippen LogP contribution in [0.5, 0.6) is 0 Å². The van der Waals surface area contributed by atoms with Gasteiger partial charge in [0.1, 0.15) is 0 Å². The smallest absolute Gasteiger partial charge is 0.220 e. The fourth-order valence-corrected chi connectivity index (χ4v) is 4.14. The van der Waals surface area contributed by atoms with Crippen molar-refractivity contribution in [1.29, 1.82) is 0 Å². The fraction of sp³-hybridized carbons (Fsp3) is 0.941. The lowest BCUT2D eigenvalue weighted by Crippen LogP contribution is -2.52. The first-order valence-electron chi connectivity index (χ1n) is 9.15. The van der Waals surface area contributed by atoms with Gasteiger partial charge in [-0.25, -0.2) is 0 Å². The van der Waals surface area contributed by atoms with E-state index in [2.05, 4.69) is 49.2 Å². The van der Waals surface area contributed by atoms with Crippen molar-refractivity contribution in [2.75, 3.05) is 6.54 Å². The predicted octanol–water partition coefficient (Wildman–Crippen LogP) is 4.92. The van der Waals surface area contributed by atoms with Crippen LogP contribution < -0.4 is 5.32 Å². The van der Waals surface area contributed by atoms with Gasteiger partial charge < -0.3 is 9.74 Å². The molecule has 0 aromatic heterocycles.